The Kier molecular flexibility index (Phi) is 11.2. The summed E-state index contributed by atoms with van der Waals surface area (Å²) >= 11 is 0. The number of fused-ring (bicyclic) bond motifs is 1. The molecule has 0 unspecified atom stereocenters. The van der Waals surface area contributed by atoms with Crippen LogP contribution in [0.5, 0.6) is 11.6 Å². The van der Waals surface area contributed by atoms with Crippen molar-refractivity contribution in [3.8, 4) is 11.6 Å². The number of carbonyl (C=O) groups excluding carboxylic acids is 1. The van der Waals surface area contributed by atoms with Crippen LogP contribution >= 0.6 is 0 Å². The zero-order valence-corrected chi connectivity index (χ0v) is 26.5. The van der Waals surface area contributed by atoms with Crippen molar-refractivity contribution in [2.24, 2.45) is 5.73 Å². The molecule has 49 heavy (non-hydrogen) atoms. The molecule has 266 valence electrons. The van der Waals surface area contributed by atoms with Gasteiger partial charge in [-0.2, -0.15) is 26.3 Å². The number of aliphatic carboxylic acids is 1. The fourth-order valence-corrected chi connectivity index (χ4v) is 5.26. The van der Waals surface area contributed by atoms with Crippen LogP contribution in [0.4, 0.5) is 36.8 Å². The number of hydrogen-bond acceptors (Lipinski definition) is 10. The SMILES string of the molecule is CC[C@]1(N)C[C@H](c2ncc(OCCOC)c(Cc3cc(C(F)(F)F)cc(C(F)(F)F)c3)n2)c2nc(OC)ccc2N1C(=O)OCCC(=O)O. The number of alkyl halides is 6. The van der Waals surface area contributed by atoms with E-state index >= 15 is 0 Å². The number of anilines is 1. The second kappa shape index (κ2) is 14.8. The number of nitrogens with zero attached hydrogens (tertiary/aromatic N) is 4. The summed E-state index contributed by atoms with van der Waals surface area (Å²) in [4.78, 5) is 38.9. The molecule has 2 atom stereocenters. The molecule has 0 saturated carbocycles. The lowest BCUT2D eigenvalue weighted by atomic mass is 9.83. The van der Waals surface area contributed by atoms with Gasteiger partial charge in [-0.1, -0.05) is 6.92 Å². The number of aromatic nitrogens is 3. The summed E-state index contributed by atoms with van der Waals surface area (Å²) in [6.45, 7) is 1.33. The molecule has 3 aromatic rings. The highest BCUT2D eigenvalue weighted by atomic mass is 19.4. The maximum Gasteiger partial charge on any atom is 0.416 e. The first-order valence-corrected chi connectivity index (χ1v) is 14.8. The molecule has 1 aliphatic rings. The molecule has 2 aromatic heterocycles. The van der Waals surface area contributed by atoms with Gasteiger partial charge in [-0.15, -0.1) is 0 Å². The van der Waals surface area contributed by atoms with Crippen molar-refractivity contribution in [1.29, 1.82) is 0 Å². The first-order valence-electron chi connectivity index (χ1n) is 14.8. The van der Waals surface area contributed by atoms with E-state index in [-0.39, 0.29) is 72.2 Å². The second-order valence-corrected chi connectivity index (χ2v) is 11.0. The minimum atomic E-state index is -5.06. The third-order valence-electron chi connectivity index (χ3n) is 7.72. The summed E-state index contributed by atoms with van der Waals surface area (Å²) in [6.07, 6.45) is -10.7. The molecule has 3 N–H and O–H groups in total. The number of nitrogens with two attached hydrogens (primary N) is 1. The van der Waals surface area contributed by atoms with E-state index in [9.17, 15) is 35.9 Å². The van der Waals surface area contributed by atoms with Gasteiger partial charge in [-0.25, -0.2) is 19.7 Å². The van der Waals surface area contributed by atoms with Crippen LogP contribution in [0.1, 0.15) is 66.0 Å². The Bertz CT molecular complexity index is 1640. The van der Waals surface area contributed by atoms with Gasteiger partial charge >= 0.3 is 24.4 Å². The van der Waals surface area contributed by atoms with Gasteiger partial charge in [0.2, 0.25) is 5.88 Å². The van der Waals surface area contributed by atoms with Crippen molar-refractivity contribution < 1.29 is 60.0 Å². The topological polar surface area (TPSA) is 159 Å². The van der Waals surface area contributed by atoms with Crippen LogP contribution in [-0.4, -0.2) is 71.8 Å². The van der Waals surface area contributed by atoms with Crippen molar-refractivity contribution >= 4 is 17.7 Å². The van der Waals surface area contributed by atoms with Crippen LogP contribution in [0, 0.1) is 0 Å². The van der Waals surface area contributed by atoms with Crippen LogP contribution in [-0.2, 0) is 33.0 Å². The van der Waals surface area contributed by atoms with Crippen LogP contribution in [0.2, 0.25) is 0 Å². The Morgan fingerprint density at radius 1 is 1.02 bits per heavy atom. The van der Waals surface area contributed by atoms with E-state index in [1.807, 2.05) is 0 Å². The smallest absolute Gasteiger partial charge is 0.416 e. The van der Waals surface area contributed by atoms with Gasteiger partial charge in [0.1, 0.15) is 24.7 Å². The molecule has 3 heterocycles. The minimum Gasteiger partial charge on any atom is -0.488 e. The third kappa shape index (κ3) is 8.66. The number of benzene rings is 1. The van der Waals surface area contributed by atoms with Gasteiger partial charge in [0.05, 0.1) is 60.5 Å². The number of ether oxygens (including phenoxy) is 4. The van der Waals surface area contributed by atoms with E-state index in [2.05, 4.69) is 15.0 Å². The van der Waals surface area contributed by atoms with E-state index < -0.39 is 66.6 Å². The predicted octanol–water partition coefficient (Wildman–Crippen LogP) is 5.55. The predicted molar refractivity (Wildman–Crippen MR) is 159 cm³/mol. The Hall–Kier alpha value is -4.71. The van der Waals surface area contributed by atoms with E-state index in [0.717, 1.165) is 4.90 Å². The lowest BCUT2D eigenvalue weighted by Crippen LogP contribution is -2.62. The number of hydrogen-bond donors (Lipinski definition) is 2. The Balaban J connectivity index is 1.84. The first kappa shape index (κ1) is 37.1. The third-order valence-corrected chi connectivity index (χ3v) is 7.72. The molecule has 1 aliphatic heterocycles. The summed E-state index contributed by atoms with van der Waals surface area (Å²) in [5, 5.41) is 8.97. The summed E-state index contributed by atoms with van der Waals surface area (Å²) < 4.78 is 103. The molecule has 12 nitrogen and oxygen atoms in total. The summed E-state index contributed by atoms with van der Waals surface area (Å²) in [5.41, 5.74) is 2.32. The molecular formula is C31H33F6N5O7. The Morgan fingerprint density at radius 3 is 2.27 bits per heavy atom. The fourth-order valence-electron chi connectivity index (χ4n) is 5.26. The lowest BCUT2D eigenvalue weighted by Gasteiger charge is -2.46. The summed E-state index contributed by atoms with van der Waals surface area (Å²) in [7, 11) is 2.76. The molecular weight excluding hydrogens is 668 g/mol. The maximum atomic E-state index is 13.6. The standard InChI is InChI=1S/C31H33F6N5O7/c1-4-29(38)15-20(26-22(5-6-24(41-26)47-3)42(29)28(45)49-8-7-25(43)44)27-39-16-23(48-10-9-46-2)21(40-27)13-17-11-18(30(32,33)34)14-19(12-17)31(35,36)37/h5-6,11-12,14,16,20H,4,7-10,13,15,38H2,1-3H3,(H,43,44)/t20-,29+/m0/s1. The van der Waals surface area contributed by atoms with Gasteiger partial charge in [0.25, 0.3) is 0 Å². The van der Waals surface area contributed by atoms with E-state index in [1.54, 1.807) is 6.92 Å². The molecule has 0 spiro atoms. The van der Waals surface area contributed by atoms with Gasteiger partial charge in [0, 0.05) is 19.6 Å². The number of pyridine rings is 1. The van der Waals surface area contributed by atoms with Crippen molar-refractivity contribution in [3.05, 3.63) is 70.4 Å². The highest BCUT2D eigenvalue weighted by Crippen LogP contribution is 2.46. The number of rotatable bonds is 12. The Morgan fingerprint density at radius 2 is 1.69 bits per heavy atom. The zero-order valence-electron chi connectivity index (χ0n) is 26.5. The number of amides is 1. The minimum absolute atomic E-state index is 0.0143. The highest BCUT2D eigenvalue weighted by molar-refractivity contribution is 5.91. The van der Waals surface area contributed by atoms with Gasteiger partial charge in [-0.3, -0.25) is 9.69 Å². The number of methoxy groups -OCH3 is 2. The molecule has 0 aliphatic carbocycles. The van der Waals surface area contributed by atoms with Crippen LogP contribution in [0.15, 0.2) is 36.5 Å². The van der Waals surface area contributed by atoms with E-state index in [0.29, 0.717) is 12.1 Å². The monoisotopic (exact) mass is 701 g/mol. The van der Waals surface area contributed by atoms with Crippen molar-refractivity contribution in [2.75, 3.05) is 38.9 Å². The number of carbonyl (C=O) groups is 2. The molecule has 0 bridgehead atoms. The van der Waals surface area contributed by atoms with Crippen molar-refractivity contribution in [2.45, 2.75) is 56.5 Å². The first-order chi connectivity index (χ1) is 23.0. The van der Waals surface area contributed by atoms with Crippen molar-refractivity contribution in [1.82, 2.24) is 15.0 Å². The summed E-state index contributed by atoms with van der Waals surface area (Å²) in [6, 6.07) is 4.20. The zero-order chi connectivity index (χ0) is 36.1. The molecule has 0 fully saturated rings. The largest absolute Gasteiger partial charge is 0.488 e. The van der Waals surface area contributed by atoms with Gasteiger partial charge in [-0.05, 0) is 42.7 Å². The van der Waals surface area contributed by atoms with E-state index in [1.165, 1.54) is 32.5 Å². The number of carboxylic acid groups (broad SMARTS) is 1. The molecule has 18 heteroatoms. The number of halogens is 6. The highest BCUT2D eigenvalue weighted by Gasteiger charge is 2.47. The lowest BCUT2D eigenvalue weighted by molar-refractivity contribution is -0.143. The maximum absolute atomic E-state index is 13.6. The van der Waals surface area contributed by atoms with Gasteiger partial charge in [0.15, 0.2) is 5.75 Å². The summed E-state index contributed by atoms with van der Waals surface area (Å²) in [5.74, 6) is -1.92. The number of carboxylic acids is 1. The average molecular weight is 702 g/mol. The second-order valence-electron chi connectivity index (χ2n) is 11.0. The molecule has 0 saturated heterocycles. The molecule has 0 radical (unpaired) electrons. The van der Waals surface area contributed by atoms with Crippen LogP contribution in [0.25, 0.3) is 0 Å². The molecule has 4 rings (SSSR count). The quantitative estimate of drug-likeness (QED) is 0.180. The normalized spacial score (nSPS) is 17.8. The van der Waals surface area contributed by atoms with Crippen LogP contribution in [0.3, 0.4) is 0 Å². The Labute approximate surface area is 276 Å². The average Bonchev–Trinajstić information content (AvgIpc) is 3.03. The van der Waals surface area contributed by atoms with E-state index in [4.69, 9.17) is 29.8 Å². The molecule has 1 amide bonds. The molecule has 1 aromatic carbocycles. The van der Waals surface area contributed by atoms with Crippen LogP contribution < -0.4 is 20.1 Å². The fraction of sp³-hybridized carbons (Fsp3) is 0.452. The van der Waals surface area contributed by atoms with Crippen molar-refractivity contribution in [3.63, 3.8) is 0 Å². The van der Waals surface area contributed by atoms with Gasteiger partial charge < -0.3 is 29.8 Å².